The lowest BCUT2D eigenvalue weighted by Crippen LogP contribution is -2.64. The van der Waals surface area contributed by atoms with E-state index in [0.29, 0.717) is 16.4 Å². The fraction of sp³-hybridized carbons (Fsp3) is 1.00. The van der Waals surface area contributed by atoms with Crippen molar-refractivity contribution in [2.45, 2.75) is 84.6 Å². The highest BCUT2D eigenvalue weighted by Crippen LogP contribution is 2.66. The molecule has 0 saturated heterocycles. The Kier molecular flexibility index (Phi) is 3.28. The molecule has 2 atom stereocenters. The molecule has 4 aliphatic carbocycles. The van der Waals surface area contributed by atoms with Gasteiger partial charge >= 0.3 is 0 Å². The van der Waals surface area contributed by atoms with Crippen molar-refractivity contribution < 1.29 is 0 Å². The molecule has 1 N–H and O–H groups in total. The maximum absolute atomic E-state index is 4.08. The van der Waals surface area contributed by atoms with Crippen molar-refractivity contribution in [3.63, 3.8) is 0 Å². The molecule has 0 spiro atoms. The number of hydrogen-bond acceptors (Lipinski definition) is 1. The van der Waals surface area contributed by atoms with Crippen molar-refractivity contribution in [3.05, 3.63) is 0 Å². The van der Waals surface area contributed by atoms with Crippen LogP contribution in [0.1, 0.15) is 79.1 Å². The fourth-order valence-corrected chi connectivity index (χ4v) is 6.58. The topological polar surface area (TPSA) is 12.0 Å². The van der Waals surface area contributed by atoms with Gasteiger partial charge < -0.3 is 5.32 Å². The zero-order chi connectivity index (χ0) is 13.7. The van der Waals surface area contributed by atoms with Gasteiger partial charge in [0, 0.05) is 5.54 Å². The molecule has 0 heterocycles. The molecule has 0 amide bonds. The molecule has 0 aromatic heterocycles. The van der Waals surface area contributed by atoms with Crippen LogP contribution in [0.4, 0.5) is 0 Å². The molecular formula is C18H33N. The normalized spacial score (nSPS) is 48.2. The summed E-state index contributed by atoms with van der Waals surface area (Å²) in [6, 6.07) is 0. The molecule has 0 radical (unpaired) electrons. The van der Waals surface area contributed by atoms with E-state index in [0.717, 1.165) is 11.8 Å². The Morgan fingerprint density at radius 3 is 2.00 bits per heavy atom. The number of hydrogen-bond donors (Lipinski definition) is 1. The summed E-state index contributed by atoms with van der Waals surface area (Å²) >= 11 is 0. The van der Waals surface area contributed by atoms with Crippen LogP contribution in [0.25, 0.3) is 0 Å². The highest BCUT2D eigenvalue weighted by Gasteiger charge is 2.59. The Hall–Kier alpha value is -0.0400. The van der Waals surface area contributed by atoms with E-state index in [1.54, 1.807) is 0 Å². The van der Waals surface area contributed by atoms with Crippen molar-refractivity contribution in [2.24, 2.45) is 22.7 Å². The van der Waals surface area contributed by atoms with Gasteiger partial charge in [0.25, 0.3) is 0 Å². The van der Waals surface area contributed by atoms with Crippen molar-refractivity contribution in [1.29, 1.82) is 0 Å². The van der Waals surface area contributed by atoms with E-state index in [1.165, 1.54) is 57.9 Å². The van der Waals surface area contributed by atoms with Crippen LogP contribution in [-0.4, -0.2) is 12.1 Å². The Morgan fingerprint density at radius 1 is 0.947 bits per heavy atom. The van der Waals surface area contributed by atoms with Crippen LogP contribution in [0, 0.1) is 22.7 Å². The standard InChI is InChI=1S/C18H33N/c1-5-14(6-2)10-19-18-9-15-7-16(3,12-18)11-17(4,8-15)13-18/h14-15,19H,5-13H2,1-4H3. The third-order valence-corrected chi connectivity index (χ3v) is 6.55. The molecule has 4 bridgehead atoms. The summed E-state index contributed by atoms with van der Waals surface area (Å²) in [4.78, 5) is 0. The lowest BCUT2D eigenvalue weighted by molar-refractivity contribution is -0.118. The molecule has 4 fully saturated rings. The lowest BCUT2D eigenvalue weighted by atomic mass is 9.43. The SMILES string of the molecule is CCC(CC)CNC12CC3CC(C)(CC(C)(C3)C1)C2. The third-order valence-electron chi connectivity index (χ3n) is 6.55. The summed E-state index contributed by atoms with van der Waals surface area (Å²) in [5.41, 5.74) is 1.80. The first kappa shape index (κ1) is 13.9. The van der Waals surface area contributed by atoms with E-state index in [4.69, 9.17) is 0 Å². The predicted molar refractivity (Wildman–Crippen MR) is 82.2 cm³/mol. The zero-order valence-corrected chi connectivity index (χ0v) is 13.5. The molecule has 4 saturated carbocycles. The second-order valence-corrected chi connectivity index (χ2v) is 8.97. The van der Waals surface area contributed by atoms with Gasteiger partial charge in [-0.05, 0) is 67.7 Å². The van der Waals surface area contributed by atoms with Gasteiger partial charge in [0.05, 0.1) is 0 Å². The van der Waals surface area contributed by atoms with Gasteiger partial charge in [-0.15, -0.1) is 0 Å². The van der Waals surface area contributed by atoms with Gasteiger partial charge in [0.2, 0.25) is 0 Å². The maximum Gasteiger partial charge on any atom is 0.0194 e. The highest BCUT2D eigenvalue weighted by molar-refractivity contribution is 5.14. The van der Waals surface area contributed by atoms with Crippen LogP contribution < -0.4 is 5.32 Å². The van der Waals surface area contributed by atoms with E-state index >= 15 is 0 Å². The minimum absolute atomic E-state index is 0.505. The molecule has 110 valence electrons. The van der Waals surface area contributed by atoms with E-state index in [9.17, 15) is 0 Å². The van der Waals surface area contributed by atoms with Crippen LogP contribution in [0.15, 0.2) is 0 Å². The van der Waals surface area contributed by atoms with E-state index in [-0.39, 0.29) is 0 Å². The van der Waals surface area contributed by atoms with E-state index in [2.05, 4.69) is 33.0 Å². The molecule has 0 aliphatic heterocycles. The molecule has 0 aromatic rings. The van der Waals surface area contributed by atoms with Crippen molar-refractivity contribution in [1.82, 2.24) is 5.32 Å². The van der Waals surface area contributed by atoms with Gasteiger partial charge in [-0.3, -0.25) is 0 Å². The molecule has 0 aromatic carbocycles. The van der Waals surface area contributed by atoms with Crippen LogP contribution in [0.5, 0.6) is 0 Å². The van der Waals surface area contributed by atoms with Crippen LogP contribution in [0.3, 0.4) is 0 Å². The molecular weight excluding hydrogens is 230 g/mol. The molecule has 19 heavy (non-hydrogen) atoms. The molecule has 1 nitrogen and oxygen atoms in total. The Labute approximate surface area is 119 Å². The summed E-state index contributed by atoms with van der Waals surface area (Å²) < 4.78 is 0. The summed E-state index contributed by atoms with van der Waals surface area (Å²) in [5.74, 6) is 1.90. The van der Waals surface area contributed by atoms with Crippen molar-refractivity contribution >= 4 is 0 Å². The summed E-state index contributed by atoms with van der Waals surface area (Å²) in [6.45, 7) is 11.1. The molecule has 4 rings (SSSR count). The van der Waals surface area contributed by atoms with Crippen LogP contribution >= 0.6 is 0 Å². The minimum atomic E-state index is 0.505. The molecule has 4 aliphatic rings. The monoisotopic (exact) mass is 263 g/mol. The number of nitrogens with one attached hydrogen (secondary N) is 1. The van der Waals surface area contributed by atoms with Crippen LogP contribution in [-0.2, 0) is 0 Å². The first-order valence-electron chi connectivity index (χ1n) is 8.65. The van der Waals surface area contributed by atoms with Gasteiger partial charge in [-0.1, -0.05) is 40.5 Å². The third kappa shape index (κ3) is 2.48. The second kappa shape index (κ2) is 4.48. The first-order chi connectivity index (χ1) is 8.90. The van der Waals surface area contributed by atoms with Gasteiger partial charge in [-0.25, -0.2) is 0 Å². The Balaban J connectivity index is 1.73. The Bertz CT molecular complexity index is 326. The zero-order valence-electron chi connectivity index (χ0n) is 13.5. The van der Waals surface area contributed by atoms with E-state index < -0.39 is 0 Å². The van der Waals surface area contributed by atoms with Crippen molar-refractivity contribution in [2.75, 3.05) is 6.54 Å². The molecule has 2 unspecified atom stereocenters. The summed E-state index contributed by atoms with van der Waals surface area (Å²) in [5, 5.41) is 4.08. The van der Waals surface area contributed by atoms with Crippen LogP contribution in [0.2, 0.25) is 0 Å². The lowest BCUT2D eigenvalue weighted by Gasteiger charge is -2.65. The smallest absolute Gasteiger partial charge is 0.0194 e. The highest BCUT2D eigenvalue weighted by atomic mass is 15.0. The minimum Gasteiger partial charge on any atom is -0.311 e. The number of rotatable bonds is 5. The fourth-order valence-electron chi connectivity index (χ4n) is 6.58. The van der Waals surface area contributed by atoms with Crippen molar-refractivity contribution in [3.8, 4) is 0 Å². The van der Waals surface area contributed by atoms with Gasteiger partial charge in [0.1, 0.15) is 0 Å². The first-order valence-corrected chi connectivity index (χ1v) is 8.65. The average Bonchev–Trinajstić information content (AvgIpc) is 2.25. The quantitative estimate of drug-likeness (QED) is 0.754. The van der Waals surface area contributed by atoms with Gasteiger partial charge in [-0.2, -0.15) is 0 Å². The average molecular weight is 263 g/mol. The van der Waals surface area contributed by atoms with E-state index in [1.807, 2.05) is 0 Å². The largest absolute Gasteiger partial charge is 0.311 e. The predicted octanol–water partition coefficient (Wildman–Crippen LogP) is 4.76. The summed E-state index contributed by atoms with van der Waals surface area (Å²) in [7, 11) is 0. The maximum atomic E-state index is 4.08. The van der Waals surface area contributed by atoms with Gasteiger partial charge in [0.15, 0.2) is 0 Å². The summed E-state index contributed by atoms with van der Waals surface area (Å²) in [6.07, 6.45) is 11.5. The second-order valence-electron chi connectivity index (χ2n) is 8.97. The Morgan fingerprint density at radius 2 is 1.53 bits per heavy atom. The molecule has 1 heteroatoms.